The largest absolute Gasteiger partial charge is 0.360 e. The molecule has 27 heavy (non-hydrogen) atoms. The number of hydrogen-bond acceptors (Lipinski definition) is 7. The van der Waals surface area contributed by atoms with Crippen molar-refractivity contribution in [2.24, 2.45) is 0 Å². The quantitative estimate of drug-likeness (QED) is 0.526. The van der Waals surface area contributed by atoms with E-state index >= 15 is 0 Å². The predicted molar refractivity (Wildman–Crippen MR) is 97.7 cm³/mol. The summed E-state index contributed by atoms with van der Waals surface area (Å²) in [5.74, 6) is 0.433. The van der Waals surface area contributed by atoms with Gasteiger partial charge in [0.05, 0.1) is 0 Å². The number of nitrogens with zero attached hydrogens (tertiary/aromatic N) is 5. The van der Waals surface area contributed by atoms with Crippen LogP contribution in [0, 0.1) is 6.92 Å². The molecule has 9 nitrogen and oxygen atoms in total. The van der Waals surface area contributed by atoms with Crippen LogP contribution < -0.4 is 11.0 Å². The Morgan fingerprint density at radius 3 is 2.81 bits per heavy atom. The van der Waals surface area contributed by atoms with Crippen molar-refractivity contribution in [3.05, 3.63) is 65.0 Å². The monoisotopic (exact) mass is 382 g/mol. The zero-order valence-electron chi connectivity index (χ0n) is 14.2. The van der Waals surface area contributed by atoms with E-state index in [-0.39, 0.29) is 12.4 Å². The number of benzene rings is 1. The van der Waals surface area contributed by atoms with E-state index in [9.17, 15) is 9.59 Å². The molecule has 1 N–H and O–H groups in total. The molecule has 3 heterocycles. The summed E-state index contributed by atoms with van der Waals surface area (Å²) in [5.41, 5.74) is -0.0289. The molecule has 1 amide bonds. The first-order chi connectivity index (χ1) is 13.1. The van der Waals surface area contributed by atoms with Crippen LogP contribution in [0.1, 0.15) is 5.76 Å². The van der Waals surface area contributed by atoms with E-state index in [1.807, 2.05) is 30.3 Å². The molecular formula is C17H14N6O3S. The molecule has 0 spiro atoms. The highest BCUT2D eigenvalue weighted by atomic mass is 32.2. The summed E-state index contributed by atoms with van der Waals surface area (Å²) in [6.45, 7) is 1.47. The Labute approximate surface area is 157 Å². The Kier molecular flexibility index (Phi) is 4.47. The molecule has 0 saturated heterocycles. The topological polar surface area (TPSA) is 107 Å². The maximum absolute atomic E-state index is 12.4. The fourth-order valence-electron chi connectivity index (χ4n) is 2.42. The second-order valence-electron chi connectivity index (χ2n) is 5.68. The number of nitrogens with one attached hydrogen (secondary N) is 1. The van der Waals surface area contributed by atoms with E-state index < -0.39 is 11.6 Å². The number of amides is 1. The zero-order chi connectivity index (χ0) is 18.8. The van der Waals surface area contributed by atoms with Crippen molar-refractivity contribution >= 4 is 29.1 Å². The molecule has 0 aliphatic rings. The van der Waals surface area contributed by atoms with Gasteiger partial charge in [0.1, 0.15) is 23.7 Å². The molecule has 0 fully saturated rings. The molecule has 0 aliphatic heterocycles. The first-order valence-corrected chi connectivity index (χ1v) is 8.81. The molecule has 3 aromatic heterocycles. The third-order valence-corrected chi connectivity index (χ3v) is 4.54. The number of anilines is 1. The molecule has 0 unspecified atom stereocenters. The normalized spacial score (nSPS) is 11.0. The van der Waals surface area contributed by atoms with Gasteiger partial charge in [-0.15, -0.1) is 5.10 Å². The Morgan fingerprint density at radius 2 is 2.07 bits per heavy atom. The van der Waals surface area contributed by atoms with Crippen molar-refractivity contribution in [2.45, 2.75) is 23.4 Å². The smallest absolute Gasteiger partial charge is 0.352 e. The fourth-order valence-corrected chi connectivity index (χ4v) is 3.22. The van der Waals surface area contributed by atoms with Crippen LogP contribution in [0.2, 0.25) is 0 Å². The van der Waals surface area contributed by atoms with Gasteiger partial charge in [-0.05, 0) is 19.1 Å². The van der Waals surface area contributed by atoms with Crippen LogP contribution in [0.5, 0.6) is 0 Å². The average Bonchev–Trinajstić information content (AvgIpc) is 3.19. The lowest BCUT2D eigenvalue weighted by atomic mass is 10.4. The number of carbonyl (C=O) groups is 1. The number of aryl methyl sites for hydroxylation is 1. The number of rotatable bonds is 5. The lowest BCUT2D eigenvalue weighted by molar-refractivity contribution is -0.117. The van der Waals surface area contributed by atoms with E-state index in [1.165, 1.54) is 22.5 Å². The Morgan fingerprint density at radius 1 is 1.26 bits per heavy atom. The molecule has 0 bridgehead atoms. The third kappa shape index (κ3) is 3.75. The molecule has 4 rings (SSSR count). The summed E-state index contributed by atoms with van der Waals surface area (Å²) in [5, 5.41) is 11.1. The fraction of sp³-hybridized carbons (Fsp3) is 0.118. The van der Waals surface area contributed by atoms with E-state index in [2.05, 4.69) is 20.6 Å². The summed E-state index contributed by atoms with van der Waals surface area (Å²) in [6, 6.07) is 13.0. The molecule has 0 saturated carbocycles. The highest BCUT2D eigenvalue weighted by Gasteiger charge is 2.13. The standard InChI is InChI=1S/C17H14N6O3S/c1-11-7-13(21-26-11)19-15(24)9-23-17(25)22-10-18-16(8-14(22)20-23)27-12-5-3-2-4-6-12/h2-8,10H,9H2,1H3,(H,19,21,24). The summed E-state index contributed by atoms with van der Waals surface area (Å²) >= 11 is 1.46. The van der Waals surface area contributed by atoms with E-state index in [1.54, 1.807) is 19.1 Å². The Bertz CT molecular complexity index is 1160. The Balaban J connectivity index is 1.54. The highest BCUT2D eigenvalue weighted by Crippen LogP contribution is 2.25. The van der Waals surface area contributed by atoms with Crippen LogP contribution in [-0.4, -0.2) is 30.2 Å². The minimum Gasteiger partial charge on any atom is -0.360 e. The lowest BCUT2D eigenvalue weighted by Crippen LogP contribution is -2.28. The second-order valence-corrected chi connectivity index (χ2v) is 6.78. The molecule has 4 aromatic rings. The van der Waals surface area contributed by atoms with Crippen molar-refractivity contribution in [1.29, 1.82) is 0 Å². The van der Waals surface area contributed by atoms with Gasteiger partial charge >= 0.3 is 5.69 Å². The van der Waals surface area contributed by atoms with Gasteiger partial charge in [0.2, 0.25) is 5.91 Å². The average molecular weight is 382 g/mol. The van der Waals surface area contributed by atoms with Gasteiger partial charge in [0, 0.05) is 17.0 Å². The van der Waals surface area contributed by atoms with Gasteiger partial charge < -0.3 is 9.84 Å². The van der Waals surface area contributed by atoms with Crippen LogP contribution in [0.15, 0.2) is 68.0 Å². The first-order valence-electron chi connectivity index (χ1n) is 8.00. The highest BCUT2D eigenvalue weighted by molar-refractivity contribution is 7.99. The van der Waals surface area contributed by atoms with Crippen LogP contribution in [0.25, 0.3) is 5.65 Å². The van der Waals surface area contributed by atoms with Crippen molar-refractivity contribution in [3.63, 3.8) is 0 Å². The van der Waals surface area contributed by atoms with E-state index in [0.29, 0.717) is 16.4 Å². The molecular weight excluding hydrogens is 368 g/mol. The van der Waals surface area contributed by atoms with E-state index in [4.69, 9.17) is 4.52 Å². The van der Waals surface area contributed by atoms with Crippen LogP contribution >= 0.6 is 11.8 Å². The minimum absolute atomic E-state index is 0.242. The van der Waals surface area contributed by atoms with E-state index in [0.717, 1.165) is 9.58 Å². The van der Waals surface area contributed by atoms with Gasteiger partial charge in [-0.1, -0.05) is 35.1 Å². The first kappa shape index (κ1) is 17.0. The molecule has 0 radical (unpaired) electrons. The third-order valence-electron chi connectivity index (χ3n) is 3.60. The van der Waals surface area contributed by atoms with Gasteiger partial charge in [-0.25, -0.2) is 18.9 Å². The van der Waals surface area contributed by atoms with Gasteiger partial charge in [-0.3, -0.25) is 4.79 Å². The SMILES string of the molecule is Cc1cc(NC(=O)Cn2nc3cc(Sc4ccccc4)ncn3c2=O)no1. The maximum atomic E-state index is 12.4. The predicted octanol–water partition coefficient (Wildman–Crippen LogP) is 1.98. The maximum Gasteiger partial charge on any atom is 0.352 e. The van der Waals surface area contributed by atoms with Crippen molar-refractivity contribution < 1.29 is 9.32 Å². The molecule has 1 aromatic carbocycles. The summed E-state index contributed by atoms with van der Waals surface area (Å²) in [7, 11) is 0. The van der Waals surface area contributed by atoms with Gasteiger partial charge in [0.25, 0.3) is 0 Å². The molecule has 136 valence electrons. The molecule has 0 aliphatic carbocycles. The molecule has 0 atom stereocenters. The molecule has 10 heteroatoms. The lowest BCUT2D eigenvalue weighted by Gasteiger charge is -1.99. The summed E-state index contributed by atoms with van der Waals surface area (Å²) in [6.07, 6.45) is 1.41. The number of aromatic nitrogens is 5. The van der Waals surface area contributed by atoms with Crippen molar-refractivity contribution in [3.8, 4) is 0 Å². The second kappa shape index (κ2) is 7.08. The van der Waals surface area contributed by atoms with Gasteiger partial charge in [0.15, 0.2) is 11.5 Å². The van der Waals surface area contributed by atoms with Crippen molar-refractivity contribution in [1.82, 2.24) is 24.3 Å². The van der Waals surface area contributed by atoms with Crippen LogP contribution in [0.4, 0.5) is 5.82 Å². The number of carbonyl (C=O) groups excluding carboxylic acids is 1. The number of hydrogen-bond donors (Lipinski definition) is 1. The Hall–Kier alpha value is -3.40. The zero-order valence-corrected chi connectivity index (χ0v) is 15.0. The summed E-state index contributed by atoms with van der Waals surface area (Å²) < 4.78 is 7.26. The number of fused-ring (bicyclic) bond motifs is 1. The van der Waals surface area contributed by atoms with Crippen molar-refractivity contribution in [2.75, 3.05) is 5.32 Å². The van der Waals surface area contributed by atoms with Gasteiger partial charge in [-0.2, -0.15) is 0 Å². The minimum atomic E-state index is -0.444. The summed E-state index contributed by atoms with van der Waals surface area (Å²) in [4.78, 5) is 29.8. The van der Waals surface area contributed by atoms with Crippen LogP contribution in [-0.2, 0) is 11.3 Å². The van der Waals surface area contributed by atoms with Crippen LogP contribution in [0.3, 0.4) is 0 Å².